The van der Waals surface area contributed by atoms with Gasteiger partial charge in [0.15, 0.2) is 0 Å². The Labute approximate surface area is 178 Å². The molecule has 31 heavy (non-hydrogen) atoms. The maximum Gasteiger partial charge on any atom is 0.419 e. The van der Waals surface area contributed by atoms with E-state index >= 15 is 0 Å². The fourth-order valence-corrected chi connectivity index (χ4v) is 5.13. The number of piperidine rings is 1. The van der Waals surface area contributed by atoms with Gasteiger partial charge in [0.2, 0.25) is 0 Å². The standard InChI is InChI=1S/C23H24F4N4/c1-3-4-15(9-14(2)12-28)22(13-21(22)5-7-29-8-6-21)20-30-18-10-16(23(25,26)27)17(24)11-19(18)31-20/h3-4,9-11,14,29H,5-8,13H2,1-2H3,(H,30,31)/b4-3-,15-9+. The van der Waals surface area contributed by atoms with Crippen molar-refractivity contribution >= 4 is 11.0 Å². The average molecular weight is 432 g/mol. The molecule has 0 radical (unpaired) electrons. The lowest BCUT2D eigenvalue weighted by molar-refractivity contribution is -0.139. The monoisotopic (exact) mass is 432 g/mol. The molecule has 4 rings (SSSR count). The van der Waals surface area contributed by atoms with Gasteiger partial charge in [-0.25, -0.2) is 9.37 Å². The van der Waals surface area contributed by atoms with Crippen LogP contribution in [0.2, 0.25) is 0 Å². The van der Waals surface area contributed by atoms with Gasteiger partial charge in [0.05, 0.1) is 34.0 Å². The van der Waals surface area contributed by atoms with Crippen molar-refractivity contribution in [2.75, 3.05) is 13.1 Å². The van der Waals surface area contributed by atoms with Crippen LogP contribution in [0.3, 0.4) is 0 Å². The molecule has 8 heteroatoms. The van der Waals surface area contributed by atoms with E-state index in [-0.39, 0.29) is 22.4 Å². The topological polar surface area (TPSA) is 64.5 Å². The second-order valence-electron chi connectivity index (χ2n) is 8.58. The minimum Gasteiger partial charge on any atom is -0.341 e. The third-order valence-electron chi connectivity index (χ3n) is 6.70. The first-order valence-electron chi connectivity index (χ1n) is 10.4. The number of fused-ring (bicyclic) bond motifs is 1. The molecular formula is C23H24F4N4. The summed E-state index contributed by atoms with van der Waals surface area (Å²) in [6, 6.07) is 3.87. The van der Waals surface area contributed by atoms with Gasteiger partial charge in [-0.2, -0.15) is 18.4 Å². The lowest BCUT2D eigenvalue weighted by Crippen LogP contribution is -2.34. The third kappa shape index (κ3) is 3.45. The van der Waals surface area contributed by atoms with Crippen molar-refractivity contribution in [1.29, 1.82) is 5.26 Å². The normalized spacial score (nSPS) is 24.6. The lowest BCUT2D eigenvalue weighted by Gasteiger charge is -2.30. The molecule has 2 atom stereocenters. The molecule has 1 saturated heterocycles. The maximum atomic E-state index is 14.1. The maximum absolute atomic E-state index is 14.1. The predicted molar refractivity (Wildman–Crippen MR) is 110 cm³/mol. The number of rotatable bonds is 4. The summed E-state index contributed by atoms with van der Waals surface area (Å²) in [4.78, 5) is 7.66. The summed E-state index contributed by atoms with van der Waals surface area (Å²) >= 11 is 0. The predicted octanol–water partition coefficient (Wildman–Crippen LogP) is 5.39. The van der Waals surface area contributed by atoms with Crippen LogP contribution in [0.25, 0.3) is 11.0 Å². The Morgan fingerprint density at radius 3 is 2.61 bits per heavy atom. The number of allylic oxidation sites excluding steroid dienone is 4. The fraction of sp³-hybridized carbons (Fsp3) is 0.478. The van der Waals surface area contributed by atoms with Gasteiger partial charge in [-0.15, -0.1) is 0 Å². The number of alkyl halides is 3. The van der Waals surface area contributed by atoms with Crippen LogP contribution in [0.1, 0.15) is 44.5 Å². The molecule has 2 fully saturated rings. The van der Waals surface area contributed by atoms with E-state index in [1.807, 2.05) is 25.2 Å². The third-order valence-corrected chi connectivity index (χ3v) is 6.70. The number of nitrogens with zero attached hydrogens (tertiary/aromatic N) is 2. The summed E-state index contributed by atoms with van der Waals surface area (Å²) in [5.41, 5.74) is -0.685. The number of aromatic nitrogens is 2. The van der Waals surface area contributed by atoms with E-state index in [0.29, 0.717) is 5.82 Å². The minimum absolute atomic E-state index is 0.0992. The van der Waals surface area contributed by atoms with Crippen molar-refractivity contribution in [2.24, 2.45) is 11.3 Å². The molecule has 4 nitrogen and oxygen atoms in total. The largest absolute Gasteiger partial charge is 0.419 e. The molecule has 1 aromatic heterocycles. The highest BCUT2D eigenvalue weighted by atomic mass is 19.4. The van der Waals surface area contributed by atoms with Crippen LogP contribution in [0.4, 0.5) is 17.6 Å². The zero-order valence-electron chi connectivity index (χ0n) is 17.4. The number of nitriles is 1. The summed E-state index contributed by atoms with van der Waals surface area (Å²) in [5.74, 6) is -1.12. The number of H-pyrrole nitrogens is 1. The van der Waals surface area contributed by atoms with Crippen LogP contribution < -0.4 is 5.32 Å². The van der Waals surface area contributed by atoms with Crippen LogP contribution in [0.15, 0.2) is 35.9 Å². The molecule has 2 unspecified atom stereocenters. The van der Waals surface area contributed by atoms with E-state index in [1.54, 1.807) is 6.92 Å². The van der Waals surface area contributed by atoms with Crippen molar-refractivity contribution in [3.8, 4) is 6.07 Å². The zero-order valence-corrected chi connectivity index (χ0v) is 17.4. The molecule has 2 aromatic rings. The van der Waals surface area contributed by atoms with Gasteiger partial charge >= 0.3 is 6.18 Å². The van der Waals surface area contributed by atoms with E-state index in [1.165, 1.54) is 0 Å². The first-order chi connectivity index (χ1) is 14.7. The lowest BCUT2D eigenvalue weighted by atomic mass is 9.78. The Morgan fingerprint density at radius 1 is 1.29 bits per heavy atom. The molecule has 0 bridgehead atoms. The summed E-state index contributed by atoms with van der Waals surface area (Å²) in [6.45, 7) is 5.37. The molecule has 1 aliphatic carbocycles. The summed E-state index contributed by atoms with van der Waals surface area (Å²) in [7, 11) is 0. The Morgan fingerprint density at radius 2 is 2.00 bits per heavy atom. The van der Waals surface area contributed by atoms with Gasteiger partial charge in [0.25, 0.3) is 0 Å². The number of nitrogens with one attached hydrogen (secondary N) is 2. The van der Waals surface area contributed by atoms with Gasteiger partial charge in [-0.05, 0) is 63.3 Å². The smallest absolute Gasteiger partial charge is 0.341 e. The van der Waals surface area contributed by atoms with Crippen molar-refractivity contribution in [3.05, 3.63) is 53.1 Å². The first kappa shape index (κ1) is 21.6. The van der Waals surface area contributed by atoms with Gasteiger partial charge in [0.1, 0.15) is 11.6 Å². The molecule has 2 N–H and O–H groups in total. The van der Waals surface area contributed by atoms with Crippen molar-refractivity contribution in [3.63, 3.8) is 0 Å². The van der Waals surface area contributed by atoms with Gasteiger partial charge < -0.3 is 10.3 Å². The number of benzene rings is 1. The van der Waals surface area contributed by atoms with E-state index in [2.05, 4.69) is 21.4 Å². The van der Waals surface area contributed by atoms with Crippen molar-refractivity contribution < 1.29 is 17.6 Å². The quantitative estimate of drug-likeness (QED) is 0.503. The molecule has 1 spiro atoms. The van der Waals surface area contributed by atoms with E-state index in [9.17, 15) is 22.8 Å². The number of hydrogen-bond acceptors (Lipinski definition) is 3. The minimum atomic E-state index is -4.78. The highest BCUT2D eigenvalue weighted by Gasteiger charge is 2.70. The van der Waals surface area contributed by atoms with E-state index in [4.69, 9.17) is 0 Å². The summed E-state index contributed by atoms with van der Waals surface area (Å²) in [6.07, 6.45) is 3.55. The average Bonchev–Trinajstić information content (AvgIpc) is 3.14. The molecule has 1 saturated carbocycles. The van der Waals surface area contributed by atoms with Crippen molar-refractivity contribution in [2.45, 2.75) is 44.7 Å². The molecule has 164 valence electrons. The molecule has 1 aromatic carbocycles. The van der Waals surface area contributed by atoms with E-state index in [0.717, 1.165) is 50.1 Å². The Hall–Kier alpha value is -2.66. The summed E-state index contributed by atoms with van der Waals surface area (Å²) < 4.78 is 53.7. The Balaban J connectivity index is 1.90. The van der Waals surface area contributed by atoms with Gasteiger partial charge in [0, 0.05) is 6.07 Å². The van der Waals surface area contributed by atoms with E-state index < -0.39 is 23.0 Å². The van der Waals surface area contributed by atoms with Crippen LogP contribution in [0, 0.1) is 28.5 Å². The number of imidazole rings is 1. The molecular weight excluding hydrogens is 408 g/mol. The molecule has 1 aliphatic heterocycles. The fourth-order valence-electron chi connectivity index (χ4n) is 5.13. The SMILES string of the molecule is C/C=C\C(=C/C(C)C#N)C1(c2nc3cc(F)c(C(F)(F)F)cc3[nH]2)CC12CCNCC2. The van der Waals surface area contributed by atoms with Crippen molar-refractivity contribution in [1.82, 2.24) is 15.3 Å². The number of halogens is 4. The molecule has 2 aliphatic rings. The second-order valence-corrected chi connectivity index (χ2v) is 8.58. The van der Waals surface area contributed by atoms with Crippen LogP contribution in [-0.2, 0) is 11.6 Å². The molecule has 0 amide bonds. The van der Waals surface area contributed by atoms with Crippen LogP contribution in [-0.4, -0.2) is 23.1 Å². The second kappa shape index (κ2) is 7.49. The first-order valence-corrected chi connectivity index (χ1v) is 10.4. The number of aromatic amines is 1. The zero-order chi connectivity index (χ0) is 22.4. The highest BCUT2D eigenvalue weighted by molar-refractivity contribution is 5.77. The summed E-state index contributed by atoms with van der Waals surface area (Å²) in [5, 5.41) is 12.7. The molecule has 2 heterocycles. The Bertz CT molecular complexity index is 1100. The number of hydrogen-bond donors (Lipinski definition) is 2. The Kier molecular flexibility index (Phi) is 5.21. The van der Waals surface area contributed by atoms with Gasteiger partial charge in [-0.1, -0.05) is 18.2 Å². The van der Waals surface area contributed by atoms with Crippen LogP contribution in [0.5, 0.6) is 0 Å². The van der Waals surface area contributed by atoms with Gasteiger partial charge in [-0.3, -0.25) is 0 Å². The van der Waals surface area contributed by atoms with Crippen LogP contribution >= 0.6 is 0 Å². The highest BCUT2D eigenvalue weighted by Crippen LogP contribution is 2.72.